The molecule has 3 rings (SSSR count). The molecule has 3 aromatic rings. The maximum atomic E-state index is 12.7. The maximum Gasteiger partial charge on any atom is 0.268 e. The Morgan fingerprint density at radius 3 is 2.40 bits per heavy atom. The molecule has 0 aliphatic heterocycles. The number of hydrogen-bond acceptors (Lipinski definition) is 2. The first-order valence-corrected chi connectivity index (χ1v) is 8.60. The molecule has 0 unspecified atom stereocenters. The first-order valence-electron chi connectivity index (χ1n) is 6.08. The first-order chi connectivity index (χ1) is 9.51. The van der Waals surface area contributed by atoms with Gasteiger partial charge in [0.05, 0.1) is 10.4 Å². The van der Waals surface area contributed by atoms with Crippen molar-refractivity contribution in [2.24, 2.45) is 0 Å². The van der Waals surface area contributed by atoms with Crippen molar-refractivity contribution in [3.63, 3.8) is 0 Å². The van der Waals surface area contributed by atoms with E-state index in [4.69, 9.17) is 0 Å². The Balaban J connectivity index is 2.34. The number of halogens is 1. The highest BCUT2D eigenvalue weighted by Crippen LogP contribution is 2.29. The van der Waals surface area contributed by atoms with E-state index >= 15 is 0 Å². The predicted molar refractivity (Wildman–Crippen MR) is 88.4 cm³/mol. The zero-order valence-electron chi connectivity index (χ0n) is 10.7. The molecule has 2 aromatic carbocycles. The molecule has 0 aliphatic rings. The van der Waals surface area contributed by atoms with Crippen LogP contribution in [-0.2, 0) is 10.0 Å². The molecule has 0 radical (unpaired) electrons. The zero-order valence-corrected chi connectivity index (χ0v) is 13.7. The molecule has 1 aromatic heterocycles. The van der Waals surface area contributed by atoms with Crippen LogP contribution >= 0.6 is 22.6 Å². The number of aryl methyl sites for hydroxylation is 1. The Hall–Kier alpha value is -1.34. The summed E-state index contributed by atoms with van der Waals surface area (Å²) < 4.78 is 27.8. The molecule has 0 saturated carbocycles. The van der Waals surface area contributed by atoms with Crippen LogP contribution in [0.25, 0.3) is 10.9 Å². The largest absolute Gasteiger partial charge is 0.268 e. The highest BCUT2D eigenvalue weighted by Gasteiger charge is 2.20. The van der Waals surface area contributed by atoms with E-state index in [0.29, 0.717) is 4.90 Å². The van der Waals surface area contributed by atoms with E-state index in [-0.39, 0.29) is 0 Å². The highest BCUT2D eigenvalue weighted by molar-refractivity contribution is 14.1. The lowest BCUT2D eigenvalue weighted by atomic mass is 10.1. The van der Waals surface area contributed by atoms with Crippen molar-refractivity contribution in [2.75, 3.05) is 0 Å². The second-order valence-electron chi connectivity index (χ2n) is 4.56. The van der Waals surface area contributed by atoms with Gasteiger partial charge in [-0.05, 0) is 53.3 Å². The van der Waals surface area contributed by atoms with E-state index in [1.165, 1.54) is 3.97 Å². The summed E-state index contributed by atoms with van der Waals surface area (Å²) in [5.74, 6) is 0. The summed E-state index contributed by atoms with van der Waals surface area (Å²) in [6.07, 6.45) is 1.68. The smallest absolute Gasteiger partial charge is 0.240 e. The van der Waals surface area contributed by atoms with Gasteiger partial charge in [-0.25, -0.2) is 12.4 Å². The van der Waals surface area contributed by atoms with Crippen molar-refractivity contribution in [1.29, 1.82) is 0 Å². The van der Waals surface area contributed by atoms with Crippen molar-refractivity contribution in [3.05, 3.63) is 63.9 Å². The molecule has 0 bridgehead atoms. The van der Waals surface area contributed by atoms with Crippen LogP contribution in [0.1, 0.15) is 5.56 Å². The van der Waals surface area contributed by atoms with Gasteiger partial charge in [0.1, 0.15) is 0 Å². The molecule has 102 valence electrons. The van der Waals surface area contributed by atoms with Gasteiger partial charge < -0.3 is 0 Å². The van der Waals surface area contributed by atoms with Gasteiger partial charge in [0, 0.05) is 15.2 Å². The molecule has 0 atom stereocenters. The summed E-state index contributed by atoms with van der Waals surface area (Å²) in [7, 11) is -3.55. The van der Waals surface area contributed by atoms with E-state index in [9.17, 15) is 8.42 Å². The lowest BCUT2D eigenvalue weighted by Gasteiger charge is -2.07. The Bertz CT molecular complexity index is 883. The van der Waals surface area contributed by atoms with E-state index in [1.54, 1.807) is 36.5 Å². The van der Waals surface area contributed by atoms with Gasteiger partial charge >= 0.3 is 0 Å². The summed E-state index contributed by atoms with van der Waals surface area (Å²) in [6.45, 7) is 1.99. The van der Waals surface area contributed by atoms with E-state index in [2.05, 4.69) is 22.6 Å². The lowest BCUT2D eigenvalue weighted by Crippen LogP contribution is -2.11. The van der Waals surface area contributed by atoms with Crippen LogP contribution in [0.4, 0.5) is 0 Å². The topological polar surface area (TPSA) is 39.1 Å². The van der Waals surface area contributed by atoms with Crippen LogP contribution in [0.2, 0.25) is 0 Å². The van der Waals surface area contributed by atoms with Gasteiger partial charge in [0.2, 0.25) is 0 Å². The maximum absolute atomic E-state index is 12.7. The summed E-state index contributed by atoms with van der Waals surface area (Å²) >= 11 is 2.18. The third-order valence-electron chi connectivity index (χ3n) is 3.26. The van der Waals surface area contributed by atoms with E-state index in [1.807, 2.05) is 25.1 Å². The van der Waals surface area contributed by atoms with Crippen molar-refractivity contribution < 1.29 is 8.42 Å². The van der Waals surface area contributed by atoms with Gasteiger partial charge in [-0.2, -0.15) is 0 Å². The molecule has 3 nitrogen and oxygen atoms in total. The SMILES string of the molecule is Cc1cccc2c1c(I)cn2S(=O)(=O)c1ccccc1. The molecule has 0 spiro atoms. The second-order valence-corrected chi connectivity index (χ2v) is 7.54. The normalized spacial score (nSPS) is 11.9. The second kappa shape index (κ2) is 4.89. The third kappa shape index (κ3) is 2.05. The van der Waals surface area contributed by atoms with Gasteiger partial charge in [-0.3, -0.25) is 0 Å². The fourth-order valence-corrected chi connectivity index (χ4v) is 4.84. The minimum Gasteiger partial charge on any atom is -0.240 e. The van der Waals surface area contributed by atoms with Gasteiger partial charge in [0.15, 0.2) is 0 Å². The summed E-state index contributed by atoms with van der Waals surface area (Å²) in [6, 6.07) is 14.2. The molecule has 5 heteroatoms. The van der Waals surface area contributed by atoms with Gasteiger partial charge in [-0.1, -0.05) is 30.3 Å². The van der Waals surface area contributed by atoms with Gasteiger partial charge in [0.25, 0.3) is 10.0 Å². The van der Waals surface area contributed by atoms with Crippen LogP contribution in [0.3, 0.4) is 0 Å². The number of hydrogen-bond donors (Lipinski definition) is 0. The number of rotatable bonds is 2. The number of aromatic nitrogens is 1. The Labute approximate surface area is 131 Å². The molecular formula is C15H12INO2S. The lowest BCUT2D eigenvalue weighted by molar-refractivity contribution is 0.589. The van der Waals surface area contributed by atoms with E-state index in [0.717, 1.165) is 20.0 Å². The van der Waals surface area contributed by atoms with Crippen LogP contribution < -0.4 is 0 Å². The first kappa shape index (κ1) is 13.6. The number of nitrogens with zero attached hydrogens (tertiary/aromatic N) is 1. The minimum absolute atomic E-state index is 0.301. The highest BCUT2D eigenvalue weighted by atomic mass is 127. The summed E-state index contributed by atoms with van der Waals surface area (Å²) in [4.78, 5) is 0.301. The van der Waals surface area contributed by atoms with E-state index < -0.39 is 10.0 Å². The summed E-state index contributed by atoms with van der Waals surface area (Å²) in [5, 5.41) is 0.993. The Morgan fingerprint density at radius 1 is 1.00 bits per heavy atom. The average Bonchev–Trinajstić information content (AvgIpc) is 2.79. The fraction of sp³-hybridized carbons (Fsp3) is 0.0667. The standard InChI is InChI=1S/C15H12INO2S/c1-11-6-5-9-14-15(11)13(16)10-17(14)20(18,19)12-7-3-2-4-8-12/h2-10H,1H3. The molecular weight excluding hydrogens is 385 g/mol. The molecule has 0 amide bonds. The van der Waals surface area contributed by atoms with Crippen molar-refractivity contribution in [2.45, 2.75) is 11.8 Å². The average molecular weight is 397 g/mol. The molecule has 20 heavy (non-hydrogen) atoms. The minimum atomic E-state index is -3.55. The van der Waals surface area contributed by atoms with Gasteiger partial charge in [-0.15, -0.1) is 0 Å². The zero-order chi connectivity index (χ0) is 14.3. The molecule has 0 saturated heterocycles. The van der Waals surface area contributed by atoms with Crippen molar-refractivity contribution in [1.82, 2.24) is 3.97 Å². The monoisotopic (exact) mass is 397 g/mol. The Kier molecular flexibility index (Phi) is 3.33. The fourth-order valence-electron chi connectivity index (χ4n) is 2.29. The Morgan fingerprint density at radius 2 is 1.70 bits per heavy atom. The summed E-state index contributed by atoms with van der Waals surface area (Å²) in [5.41, 5.74) is 1.80. The van der Waals surface area contributed by atoms with Crippen molar-refractivity contribution in [3.8, 4) is 0 Å². The number of fused-ring (bicyclic) bond motifs is 1. The van der Waals surface area contributed by atoms with Crippen molar-refractivity contribution >= 4 is 43.5 Å². The predicted octanol–water partition coefficient (Wildman–Crippen LogP) is 3.79. The third-order valence-corrected chi connectivity index (χ3v) is 5.76. The molecule has 1 heterocycles. The molecule has 0 N–H and O–H groups in total. The van der Waals surface area contributed by atoms with Crippen LogP contribution in [0, 0.1) is 10.5 Å². The molecule has 0 aliphatic carbocycles. The van der Waals surface area contributed by atoms with Crippen LogP contribution in [-0.4, -0.2) is 12.4 Å². The number of benzene rings is 2. The van der Waals surface area contributed by atoms with Crippen LogP contribution in [0.15, 0.2) is 59.6 Å². The van der Waals surface area contributed by atoms with Crippen LogP contribution in [0.5, 0.6) is 0 Å². The quantitative estimate of drug-likeness (QED) is 0.618. The molecule has 0 fully saturated rings.